The number of esters is 2. The third kappa shape index (κ3) is 3.92. The molecule has 2 unspecified atom stereocenters. The first kappa shape index (κ1) is 25.3. The second-order valence-corrected chi connectivity index (χ2v) is 8.72. The van der Waals surface area contributed by atoms with Gasteiger partial charge in [-0.3, -0.25) is 14.4 Å². The van der Waals surface area contributed by atoms with Crippen LogP contribution < -0.4 is 11.3 Å². The molecule has 0 amide bonds. The van der Waals surface area contributed by atoms with Gasteiger partial charge in [0.15, 0.2) is 0 Å². The number of carbonyl (C=O) groups is 3. The number of rotatable bonds is 6. The number of carbonyl (C=O) groups excluding carboxylic acids is 2. The highest BCUT2D eigenvalue weighted by molar-refractivity contribution is 5.89. The number of ether oxygens (including phenoxy) is 2. The van der Waals surface area contributed by atoms with Crippen molar-refractivity contribution < 1.29 is 29.0 Å². The van der Waals surface area contributed by atoms with Crippen LogP contribution in [0, 0.1) is 0 Å². The van der Waals surface area contributed by atoms with Crippen molar-refractivity contribution in [3.05, 3.63) is 63.4 Å². The van der Waals surface area contributed by atoms with E-state index in [0.717, 1.165) is 16.5 Å². The molecule has 0 radical (unpaired) electrons. The number of nitrogens with two attached hydrogens (primary N) is 1. The van der Waals surface area contributed by atoms with E-state index in [4.69, 9.17) is 25.3 Å². The molecule has 0 spiro atoms. The maximum atomic E-state index is 13.5. The molecule has 2 atom stereocenters. The number of aromatic nitrogens is 2. The van der Waals surface area contributed by atoms with Crippen LogP contribution in [-0.2, 0) is 42.6 Å². The molecule has 5 rings (SSSR count). The molecule has 0 fully saturated rings. The maximum Gasteiger partial charge on any atom is 0.355 e. The number of fused-ring (bicyclic) bond motifs is 5. The Morgan fingerprint density at radius 1 is 1.28 bits per heavy atom. The normalized spacial score (nSPS) is 18.3. The molecule has 0 aliphatic carbocycles. The first-order valence-corrected chi connectivity index (χ1v) is 11.3. The lowest BCUT2D eigenvalue weighted by Crippen LogP contribution is -2.49. The Kier molecular flexibility index (Phi) is 6.59. The van der Waals surface area contributed by atoms with Gasteiger partial charge in [0.1, 0.15) is 12.6 Å². The Morgan fingerprint density at radius 3 is 2.75 bits per heavy atom. The highest BCUT2D eigenvalue weighted by atomic mass is 35.5. The fraction of sp³-hybridized carbons (Fsp3) is 0.320. The van der Waals surface area contributed by atoms with Gasteiger partial charge >= 0.3 is 17.9 Å². The SMILES string of the molecule is CCC1(OC(=O)C(N)CCC(=O)O)C(=O)OCc2c1cc1n(c2=O)Cc2cc3ccccc3nc2-1.Cl. The Balaban J connectivity index is 0.00000304. The van der Waals surface area contributed by atoms with Crippen LogP contribution in [0.1, 0.15) is 42.9 Å². The molecule has 188 valence electrons. The third-order valence-corrected chi connectivity index (χ3v) is 6.63. The number of benzene rings is 1. The predicted octanol–water partition coefficient (Wildman–Crippen LogP) is 2.24. The van der Waals surface area contributed by atoms with Crippen molar-refractivity contribution in [1.82, 2.24) is 9.55 Å². The van der Waals surface area contributed by atoms with E-state index in [0.29, 0.717) is 17.9 Å². The van der Waals surface area contributed by atoms with Crippen molar-refractivity contribution in [3.8, 4) is 11.4 Å². The second-order valence-electron chi connectivity index (χ2n) is 8.72. The fourth-order valence-electron chi connectivity index (χ4n) is 4.73. The fourth-order valence-corrected chi connectivity index (χ4v) is 4.73. The van der Waals surface area contributed by atoms with Gasteiger partial charge in [0.25, 0.3) is 5.56 Å². The van der Waals surface area contributed by atoms with Gasteiger partial charge < -0.3 is 24.9 Å². The van der Waals surface area contributed by atoms with Crippen LogP contribution in [0.15, 0.2) is 41.2 Å². The van der Waals surface area contributed by atoms with E-state index in [1.165, 1.54) is 0 Å². The summed E-state index contributed by atoms with van der Waals surface area (Å²) in [6.45, 7) is 1.71. The predicted molar refractivity (Wildman–Crippen MR) is 130 cm³/mol. The molecular formula is C25H24ClN3O7. The van der Waals surface area contributed by atoms with Gasteiger partial charge in [-0.1, -0.05) is 25.1 Å². The zero-order valence-corrected chi connectivity index (χ0v) is 20.2. The van der Waals surface area contributed by atoms with Crippen molar-refractivity contribution in [3.63, 3.8) is 0 Å². The number of carboxylic acid groups (broad SMARTS) is 1. The van der Waals surface area contributed by atoms with Gasteiger partial charge in [-0.05, 0) is 31.0 Å². The van der Waals surface area contributed by atoms with Crippen LogP contribution in [0.2, 0.25) is 0 Å². The topological polar surface area (TPSA) is 151 Å². The zero-order valence-electron chi connectivity index (χ0n) is 19.4. The van der Waals surface area contributed by atoms with Crippen molar-refractivity contribution in [2.24, 2.45) is 5.73 Å². The van der Waals surface area contributed by atoms with Crippen LogP contribution in [-0.4, -0.2) is 38.6 Å². The molecular weight excluding hydrogens is 490 g/mol. The smallest absolute Gasteiger partial charge is 0.355 e. The Hall–Kier alpha value is -3.76. The van der Waals surface area contributed by atoms with Crippen molar-refractivity contribution in [1.29, 1.82) is 0 Å². The summed E-state index contributed by atoms with van der Waals surface area (Å²) in [6.07, 6.45) is -0.494. The molecule has 2 aromatic heterocycles. The van der Waals surface area contributed by atoms with E-state index in [1.807, 2.05) is 30.3 Å². The highest BCUT2D eigenvalue weighted by Gasteiger charge is 2.51. The quantitative estimate of drug-likeness (QED) is 0.370. The van der Waals surface area contributed by atoms with Crippen LogP contribution >= 0.6 is 12.4 Å². The standard InChI is InChI=1S/C25H23N3O7.ClH/c1-2-25(35-23(32)17(26)7-8-20(29)30)16-10-19-21-14(9-13-5-3-4-6-18(13)27-21)11-28(19)22(31)15(16)12-34-24(25)33;/h3-6,9-10,17H,2,7-8,11-12,26H2,1H3,(H,29,30);1H. The molecule has 2 aliphatic rings. The summed E-state index contributed by atoms with van der Waals surface area (Å²) < 4.78 is 12.5. The number of para-hydroxylation sites is 1. The first-order chi connectivity index (χ1) is 16.7. The van der Waals surface area contributed by atoms with E-state index in [9.17, 15) is 19.2 Å². The van der Waals surface area contributed by atoms with Gasteiger partial charge in [0, 0.05) is 22.9 Å². The van der Waals surface area contributed by atoms with Crippen LogP contribution in [0.4, 0.5) is 0 Å². The number of nitrogens with zero attached hydrogens (tertiary/aromatic N) is 2. The van der Waals surface area contributed by atoms with E-state index >= 15 is 0 Å². The average molecular weight is 514 g/mol. The molecule has 3 aromatic rings. The van der Waals surface area contributed by atoms with Crippen LogP contribution in [0.25, 0.3) is 22.3 Å². The minimum absolute atomic E-state index is 0. The molecule has 4 heterocycles. The highest BCUT2D eigenvalue weighted by Crippen LogP contribution is 2.41. The summed E-state index contributed by atoms with van der Waals surface area (Å²) in [7, 11) is 0. The van der Waals surface area contributed by atoms with Gasteiger partial charge in [0.2, 0.25) is 5.60 Å². The van der Waals surface area contributed by atoms with Gasteiger partial charge in [-0.25, -0.2) is 9.78 Å². The van der Waals surface area contributed by atoms with Gasteiger partial charge in [-0.2, -0.15) is 0 Å². The number of hydrogen-bond donors (Lipinski definition) is 2. The molecule has 36 heavy (non-hydrogen) atoms. The monoisotopic (exact) mass is 513 g/mol. The Bertz CT molecular complexity index is 1470. The molecule has 1 aromatic carbocycles. The lowest BCUT2D eigenvalue weighted by molar-refractivity contribution is -0.190. The molecule has 2 aliphatic heterocycles. The summed E-state index contributed by atoms with van der Waals surface area (Å²) in [4.78, 5) is 54.9. The van der Waals surface area contributed by atoms with Gasteiger partial charge in [0.05, 0.1) is 29.0 Å². The molecule has 10 nitrogen and oxygen atoms in total. The second kappa shape index (κ2) is 9.36. The lowest BCUT2D eigenvalue weighted by atomic mass is 9.85. The summed E-state index contributed by atoms with van der Waals surface area (Å²) in [5.41, 5.74) is 6.85. The van der Waals surface area contributed by atoms with Gasteiger partial charge in [-0.15, -0.1) is 12.4 Å². The van der Waals surface area contributed by atoms with E-state index in [1.54, 1.807) is 17.6 Å². The molecule has 0 bridgehead atoms. The molecule has 0 saturated carbocycles. The number of cyclic esters (lactones) is 1. The third-order valence-electron chi connectivity index (χ3n) is 6.63. The largest absolute Gasteiger partial charge is 0.481 e. The Labute approximate surface area is 211 Å². The molecule has 3 N–H and O–H groups in total. The van der Waals surface area contributed by atoms with Crippen molar-refractivity contribution in [2.45, 2.75) is 51.0 Å². The van der Waals surface area contributed by atoms with Crippen molar-refractivity contribution in [2.75, 3.05) is 0 Å². The summed E-state index contributed by atoms with van der Waals surface area (Å²) >= 11 is 0. The summed E-state index contributed by atoms with van der Waals surface area (Å²) in [6, 6.07) is 10.0. The van der Waals surface area contributed by atoms with E-state index in [2.05, 4.69) is 0 Å². The van der Waals surface area contributed by atoms with E-state index < -0.39 is 29.6 Å². The number of halogens is 1. The summed E-state index contributed by atoms with van der Waals surface area (Å²) in [5, 5.41) is 9.82. The number of hydrogen-bond acceptors (Lipinski definition) is 8. The lowest BCUT2D eigenvalue weighted by Gasteiger charge is -2.36. The molecule has 0 saturated heterocycles. The zero-order chi connectivity index (χ0) is 24.9. The molecule has 11 heteroatoms. The minimum atomic E-state index is -1.88. The van der Waals surface area contributed by atoms with E-state index in [-0.39, 0.29) is 55.0 Å². The average Bonchev–Trinajstić information content (AvgIpc) is 3.20. The van der Waals surface area contributed by atoms with Crippen LogP contribution in [0.5, 0.6) is 0 Å². The number of pyridine rings is 2. The van der Waals surface area contributed by atoms with Crippen LogP contribution in [0.3, 0.4) is 0 Å². The van der Waals surface area contributed by atoms with Crippen molar-refractivity contribution >= 4 is 41.2 Å². The number of carboxylic acids is 1. The Morgan fingerprint density at radius 2 is 2.03 bits per heavy atom. The first-order valence-electron chi connectivity index (χ1n) is 11.3. The maximum absolute atomic E-state index is 13.5. The number of aliphatic carboxylic acids is 1. The minimum Gasteiger partial charge on any atom is -0.481 e. The summed E-state index contributed by atoms with van der Waals surface area (Å²) in [5.74, 6) is -2.86.